The zero-order valence-electron chi connectivity index (χ0n) is 16.8. The van der Waals surface area contributed by atoms with E-state index in [-0.39, 0.29) is 23.2 Å². The number of rotatable bonds is 5. The standard InChI is InChI=1S/C20H27N3O4S/c1-5-27-20(24)19-12-18(14-21(19)4)28(25,26)22-10-11-23(16(3)13-22)17-8-6-15(2)7-9-17/h6-9,12,14,16H,5,10-11,13H2,1-4H3/t16-/m0/s1. The molecule has 3 rings (SSSR count). The van der Waals surface area contributed by atoms with E-state index in [0.29, 0.717) is 19.6 Å². The fraction of sp³-hybridized carbons (Fsp3) is 0.450. The van der Waals surface area contributed by atoms with Crippen LogP contribution in [0, 0.1) is 6.92 Å². The molecular weight excluding hydrogens is 378 g/mol. The maximum Gasteiger partial charge on any atom is 0.354 e. The number of carbonyl (C=O) groups is 1. The van der Waals surface area contributed by atoms with Gasteiger partial charge >= 0.3 is 5.97 Å². The Morgan fingerprint density at radius 3 is 2.50 bits per heavy atom. The second kappa shape index (κ2) is 7.97. The molecule has 1 aromatic carbocycles. The molecule has 0 aliphatic carbocycles. The molecular formula is C20H27N3O4S. The van der Waals surface area contributed by atoms with Gasteiger partial charge in [0.25, 0.3) is 0 Å². The van der Waals surface area contributed by atoms with E-state index in [2.05, 4.69) is 29.2 Å². The van der Waals surface area contributed by atoms with Crippen LogP contribution in [0.2, 0.25) is 0 Å². The summed E-state index contributed by atoms with van der Waals surface area (Å²) in [5, 5.41) is 0. The predicted molar refractivity (Wildman–Crippen MR) is 108 cm³/mol. The highest BCUT2D eigenvalue weighted by molar-refractivity contribution is 7.89. The Labute approximate surface area is 166 Å². The maximum absolute atomic E-state index is 13.1. The molecule has 0 bridgehead atoms. The van der Waals surface area contributed by atoms with Crippen LogP contribution < -0.4 is 4.90 Å². The van der Waals surface area contributed by atoms with Gasteiger partial charge in [-0.2, -0.15) is 4.31 Å². The highest BCUT2D eigenvalue weighted by atomic mass is 32.2. The van der Waals surface area contributed by atoms with Gasteiger partial charge in [0, 0.05) is 44.6 Å². The minimum atomic E-state index is -3.68. The van der Waals surface area contributed by atoms with Gasteiger partial charge in [0.1, 0.15) is 10.6 Å². The first-order valence-corrected chi connectivity index (χ1v) is 10.8. The fourth-order valence-corrected chi connectivity index (χ4v) is 5.08. The minimum absolute atomic E-state index is 0.0412. The summed E-state index contributed by atoms with van der Waals surface area (Å²) >= 11 is 0. The number of benzene rings is 1. The summed E-state index contributed by atoms with van der Waals surface area (Å²) in [7, 11) is -2.04. The zero-order valence-corrected chi connectivity index (χ0v) is 17.6. The summed E-state index contributed by atoms with van der Waals surface area (Å²) in [6.45, 7) is 7.42. The van der Waals surface area contributed by atoms with Crippen molar-refractivity contribution in [3.8, 4) is 0 Å². The number of hydrogen-bond acceptors (Lipinski definition) is 5. The lowest BCUT2D eigenvalue weighted by molar-refractivity contribution is 0.0515. The molecule has 0 unspecified atom stereocenters. The number of esters is 1. The summed E-state index contributed by atoms with van der Waals surface area (Å²) in [5.74, 6) is -0.524. The van der Waals surface area contributed by atoms with E-state index in [4.69, 9.17) is 4.74 Å². The molecule has 7 nitrogen and oxygen atoms in total. The van der Waals surface area contributed by atoms with Crippen molar-refractivity contribution in [1.29, 1.82) is 0 Å². The molecule has 0 spiro atoms. The van der Waals surface area contributed by atoms with Crippen LogP contribution in [0.25, 0.3) is 0 Å². The summed E-state index contributed by atoms with van der Waals surface area (Å²) in [6, 6.07) is 9.69. The van der Waals surface area contributed by atoms with Gasteiger partial charge in [0.05, 0.1) is 6.61 Å². The number of aromatic nitrogens is 1. The van der Waals surface area contributed by atoms with Gasteiger partial charge in [0.15, 0.2) is 0 Å². The lowest BCUT2D eigenvalue weighted by atomic mass is 10.1. The topological polar surface area (TPSA) is 71.8 Å². The molecule has 0 saturated carbocycles. The molecule has 0 radical (unpaired) electrons. The van der Waals surface area contributed by atoms with E-state index in [9.17, 15) is 13.2 Å². The maximum atomic E-state index is 13.1. The van der Waals surface area contributed by atoms with Gasteiger partial charge in [-0.25, -0.2) is 13.2 Å². The van der Waals surface area contributed by atoms with Crippen molar-refractivity contribution in [2.24, 2.45) is 7.05 Å². The lowest BCUT2D eigenvalue weighted by Gasteiger charge is -2.40. The van der Waals surface area contributed by atoms with Gasteiger partial charge < -0.3 is 14.2 Å². The molecule has 2 aromatic rings. The Kier molecular flexibility index (Phi) is 5.81. The highest BCUT2D eigenvalue weighted by Gasteiger charge is 2.33. The lowest BCUT2D eigenvalue weighted by Crippen LogP contribution is -2.53. The summed E-state index contributed by atoms with van der Waals surface area (Å²) in [5.41, 5.74) is 2.52. The van der Waals surface area contributed by atoms with Crippen LogP contribution in [0.5, 0.6) is 0 Å². The van der Waals surface area contributed by atoms with Gasteiger partial charge in [-0.3, -0.25) is 0 Å². The molecule has 0 amide bonds. The van der Waals surface area contributed by atoms with Crippen molar-refractivity contribution in [1.82, 2.24) is 8.87 Å². The molecule has 8 heteroatoms. The number of piperazine rings is 1. The quantitative estimate of drug-likeness (QED) is 0.715. The predicted octanol–water partition coefficient (Wildman–Crippen LogP) is 2.41. The molecule has 2 heterocycles. The van der Waals surface area contributed by atoms with E-state index < -0.39 is 16.0 Å². The van der Waals surface area contributed by atoms with Crippen LogP contribution in [-0.2, 0) is 21.8 Å². The molecule has 152 valence electrons. The van der Waals surface area contributed by atoms with Crippen LogP contribution in [0.3, 0.4) is 0 Å². The fourth-order valence-electron chi connectivity index (χ4n) is 3.49. The number of nitrogens with zero attached hydrogens (tertiary/aromatic N) is 3. The van der Waals surface area contributed by atoms with Crippen LogP contribution in [-0.4, -0.2) is 55.5 Å². The third-order valence-electron chi connectivity index (χ3n) is 5.06. The number of anilines is 1. The molecule has 0 N–H and O–H groups in total. The van der Waals surface area contributed by atoms with Crippen molar-refractivity contribution in [2.45, 2.75) is 31.7 Å². The van der Waals surface area contributed by atoms with E-state index in [1.165, 1.54) is 26.7 Å². The average molecular weight is 406 g/mol. The van der Waals surface area contributed by atoms with Crippen LogP contribution in [0.1, 0.15) is 29.9 Å². The highest BCUT2D eigenvalue weighted by Crippen LogP contribution is 2.25. The Bertz CT molecular complexity index is 950. The Hall–Kier alpha value is -2.32. The summed E-state index contributed by atoms with van der Waals surface area (Å²) < 4.78 is 34.2. The smallest absolute Gasteiger partial charge is 0.354 e. The molecule has 1 fully saturated rings. The van der Waals surface area contributed by atoms with E-state index in [0.717, 1.165) is 5.69 Å². The van der Waals surface area contributed by atoms with Gasteiger partial charge in [-0.05, 0) is 39.0 Å². The summed E-state index contributed by atoms with van der Waals surface area (Å²) in [4.78, 5) is 14.3. The first-order chi connectivity index (χ1) is 13.2. The Balaban J connectivity index is 1.78. The Morgan fingerprint density at radius 1 is 1.21 bits per heavy atom. The SMILES string of the molecule is CCOC(=O)c1cc(S(=O)(=O)N2CCN(c3ccc(C)cc3)[C@@H](C)C2)cn1C. The largest absolute Gasteiger partial charge is 0.461 e. The van der Waals surface area contributed by atoms with Crippen molar-refractivity contribution < 1.29 is 17.9 Å². The van der Waals surface area contributed by atoms with Gasteiger partial charge in [-0.1, -0.05) is 17.7 Å². The van der Waals surface area contributed by atoms with Gasteiger partial charge in [0.2, 0.25) is 10.0 Å². The van der Waals surface area contributed by atoms with E-state index in [1.807, 2.05) is 13.8 Å². The van der Waals surface area contributed by atoms with Crippen molar-refractivity contribution in [2.75, 3.05) is 31.1 Å². The average Bonchev–Trinajstić information content (AvgIpc) is 3.05. The minimum Gasteiger partial charge on any atom is -0.461 e. The first kappa shape index (κ1) is 20.4. The number of ether oxygens (including phenoxy) is 1. The third kappa shape index (κ3) is 3.93. The van der Waals surface area contributed by atoms with Crippen molar-refractivity contribution in [3.05, 3.63) is 47.8 Å². The summed E-state index contributed by atoms with van der Waals surface area (Å²) in [6.07, 6.45) is 1.47. The van der Waals surface area contributed by atoms with E-state index in [1.54, 1.807) is 14.0 Å². The van der Waals surface area contributed by atoms with Crippen LogP contribution in [0.4, 0.5) is 5.69 Å². The number of carbonyl (C=O) groups excluding carboxylic acids is 1. The number of hydrogen-bond donors (Lipinski definition) is 0. The first-order valence-electron chi connectivity index (χ1n) is 9.41. The number of sulfonamides is 1. The van der Waals surface area contributed by atoms with Crippen LogP contribution in [0.15, 0.2) is 41.4 Å². The monoisotopic (exact) mass is 405 g/mol. The molecule has 1 aliphatic rings. The Morgan fingerprint density at radius 2 is 1.89 bits per heavy atom. The third-order valence-corrected chi connectivity index (χ3v) is 6.89. The van der Waals surface area contributed by atoms with Crippen molar-refractivity contribution in [3.63, 3.8) is 0 Å². The molecule has 1 saturated heterocycles. The van der Waals surface area contributed by atoms with E-state index >= 15 is 0 Å². The zero-order chi connectivity index (χ0) is 20.5. The molecule has 1 atom stereocenters. The molecule has 1 aromatic heterocycles. The number of aryl methyl sites for hydroxylation is 2. The van der Waals surface area contributed by atoms with Gasteiger partial charge in [-0.15, -0.1) is 0 Å². The molecule has 28 heavy (non-hydrogen) atoms. The van der Waals surface area contributed by atoms with Crippen molar-refractivity contribution >= 4 is 21.7 Å². The molecule has 1 aliphatic heterocycles. The second-order valence-electron chi connectivity index (χ2n) is 7.13. The normalized spacial score (nSPS) is 18.3. The second-order valence-corrected chi connectivity index (χ2v) is 9.07. The van der Waals surface area contributed by atoms with Crippen LogP contribution >= 0.6 is 0 Å².